The van der Waals surface area contributed by atoms with Crippen molar-refractivity contribution in [3.8, 4) is 17.2 Å². The van der Waals surface area contributed by atoms with Gasteiger partial charge < -0.3 is 23.8 Å². The topological polar surface area (TPSA) is 57.2 Å². The van der Waals surface area contributed by atoms with Gasteiger partial charge in [0.1, 0.15) is 5.75 Å². The molecule has 0 saturated carbocycles. The molecule has 1 amide bonds. The normalized spacial score (nSPS) is 15.5. The molecule has 0 aliphatic carbocycles. The molecule has 0 radical (unpaired) electrons. The molecule has 1 heterocycles. The number of carbonyl (C=O) groups is 1. The van der Waals surface area contributed by atoms with Crippen molar-refractivity contribution < 1.29 is 23.7 Å². The number of methoxy groups -OCH3 is 1. The van der Waals surface area contributed by atoms with Crippen molar-refractivity contribution >= 4 is 5.91 Å². The monoisotopic (exact) mass is 427 g/mol. The van der Waals surface area contributed by atoms with Gasteiger partial charge in [0, 0.05) is 31.7 Å². The Morgan fingerprint density at radius 3 is 2.45 bits per heavy atom. The lowest BCUT2D eigenvalue weighted by atomic mass is 10.1. The van der Waals surface area contributed by atoms with Gasteiger partial charge in [-0.15, -0.1) is 0 Å². The van der Waals surface area contributed by atoms with E-state index in [0.29, 0.717) is 44.9 Å². The van der Waals surface area contributed by atoms with E-state index in [0.717, 1.165) is 36.5 Å². The molecule has 1 unspecified atom stereocenters. The van der Waals surface area contributed by atoms with Crippen molar-refractivity contribution in [1.82, 2.24) is 4.90 Å². The third-order valence-corrected chi connectivity index (χ3v) is 5.30. The number of benzene rings is 2. The summed E-state index contributed by atoms with van der Waals surface area (Å²) in [4.78, 5) is 15.0. The first-order valence-electron chi connectivity index (χ1n) is 11.1. The van der Waals surface area contributed by atoms with E-state index in [1.54, 1.807) is 7.11 Å². The Kier molecular flexibility index (Phi) is 9.03. The van der Waals surface area contributed by atoms with Crippen molar-refractivity contribution in [2.45, 2.75) is 45.3 Å². The van der Waals surface area contributed by atoms with E-state index in [9.17, 15) is 4.79 Å². The predicted octanol–water partition coefficient (Wildman–Crippen LogP) is 4.46. The molecular weight excluding hydrogens is 394 g/mol. The van der Waals surface area contributed by atoms with E-state index in [-0.39, 0.29) is 12.0 Å². The fraction of sp³-hybridized carbons (Fsp3) is 0.480. The highest BCUT2D eigenvalue weighted by Gasteiger charge is 2.23. The van der Waals surface area contributed by atoms with Crippen molar-refractivity contribution in [2.24, 2.45) is 0 Å². The molecule has 0 aromatic heterocycles. The Balaban J connectivity index is 1.56. The maximum atomic E-state index is 13.1. The molecule has 168 valence electrons. The first-order valence-corrected chi connectivity index (χ1v) is 11.1. The number of rotatable bonds is 12. The molecule has 0 N–H and O–H groups in total. The summed E-state index contributed by atoms with van der Waals surface area (Å²) < 4.78 is 22.7. The molecule has 1 aliphatic rings. The van der Waals surface area contributed by atoms with Crippen LogP contribution in [0.4, 0.5) is 0 Å². The Morgan fingerprint density at radius 2 is 1.77 bits per heavy atom. The fourth-order valence-electron chi connectivity index (χ4n) is 3.74. The standard InChI is InChI=1S/C25H33NO5/c1-3-29-23-13-6-7-14-24(23)31-17-9-15-25(27)26(19-21-11-8-16-30-21)18-20-10-4-5-12-22(20)28-2/h4-7,10,12-14,21H,3,8-9,11,15-19H2,1-2H3. The molecule has 2 aromatic carbocycles. The van der Waals surface area contributed by atoms with Crippen molar-refractivity contribution in [3.05, 3.63) is 54.1 Å². The third-order valence-electron chi connectivity index (χ3n) is 5.30. The van der Waals surface area contributed by atoms with E-state index < -0.39 is 0 Å². The van der Waals surface area contributed by atoms with E-state index in [4.69, 9.17) is 18.9 Å². The second-order valence-corrected chi connectivity index (χ2v) is 7.55. The number of ether oxygens (including phenoxy) is 4. The minimum atomic E-state index is 0.100. The van der Waals surface area contributed by atoms with Crippen LogP contribution in [-0.2, 0) is 16.1 Å². The van der Waals surface area contributed by atoms with Gasteiger partial charge in [0.15, 0.2) is 11.5 Å². The number of para-hydroxylation sites is 3. The average Bonchev–Trinajstić information content (AvgIpc) is 3.31. The summed E-state index contributed by atoms with van der Waals surface area (Å²) in [6.07, 6.45) is 3.20. The first kappa shape index (κ1) is 22.9. The molecule has 6 nitrogen and oxygen atoms in total. The number of carbonyl (C=O) groups excluding carboxylic acids is 1. The van der Waals surface area contributed by atoms with Gasteiger partial charge in [0.2, 0.25) is 5.91 Å². The van der Waals surface area contributed by atoms with Crippen molar-refractivity contribution in [1.29, 1.82) is 0 Å². The van der Waals surface area contributed by atoms with Gasteiger partial charge in [-0.1, -0.05) is 30.3 Å². The molecule has 1 saturated heterocycles. The van der Waals surface area contributed by atoms with Gasteiger partial charge >= 0.3 is 0 Å². The van der Waals surface area contributed by atoms with E-state index in [2.05, 4.69) is 0 Å². The molecule has 0 spiro atoms. The molecule has 3 rings (SSSR count). The Morgan fingerprint density at radius 1 is 1.06 bits per heavy atom. The highest BCUT2D eigenvalue weighted by Crippen LogP contribution is 2.27. The zero-order valence-electron chi connectivity index (χ0n) is 18.5. The lowest BCUT2D eigenvalue weighted by molar-refractivity contribution is -0.133. The van der Waals surface area contributed by atoms with Gasteiger partial charge in [-0.25, -0.2) is 0 Å². The number of amides is 1. The quantitative estimate of drug-likeness (QED) is 0.468. The largest absolute Gasteiger partial charge is 0.496 e. The molecule has 6 heteroatoms. The van der Waals surface area contributed by atoms with Crippen molar-refractivity contribution in [3.63, 3.8) is 0 Å². The van der Waals surface area contributed by atoms with Crippen LogP contribution in [0.2, 0.25) is 0 Å². The molecule has 2 aromatic rings. The summed E-state index contributed by atoms with van der Waals surface area (Å²) in [5.74, 6) is 2.33. The highest BCUT2D eigenvalue weighted by molar-refractivity contribution is 5.76. The van der Waals surface area contributed by atoms with Crippen LogP contribution in [-0.4, -0.2) is 50.4 Å². The number of nitrogens with zero attached hydrogens (tertiary/aromatic N) is 1. The SMILES string of the molecule is CCOc1ccccc1OCCCC(=O)N(Cc1ccccc1OC)CC1CCCO1. The maximum Gasteiger partial charge on any atom is 0.223 e. The van der Waals surface area contributed by atoms with E-state index >= 15 is 0 Å². The van der Waals surface area contributed by atoms with Crippen LogP contribution in [0.5, 0.6) is 17.2 Å². The smallest absolute Gasteiger partial charge is 0.223 e. The maximum absolute atomic E-state index is 13.1. The Labute approximate surface area is 185 Å². The second kappa shape index (κ2) is 12.2. The molecule has 1 fully saturated rings. The van der Waals surface area contributed by atoms with Crippen LogP contribution in [0.3, 0.4) is 0 Å². The highest BCUT2D eigenvalue weighted by atomic mass is 16.5. The predicted molar refractivity (Wildman–Crippen MR) is 120 cm³/mol. The summed E-state index contributed by atoms with van der Waals surface area (Å²) in [6, 6.07) is 15.4. The van der Waals surface area contributed by atoms with Crippen LogP contribution in [0, 0.1) is 0 Å². The lowest BCUT2D eigenvalue weighted by Crippen LogP contribution is -2.37. The average molecular weight is 428 g/mol. The minimum absolute atomic E-state index is 0.100. The lowest BCUT2D eigenvalue weighted by Gasteiger charge is -2.26. The number of hydrogen-bond donors (Lipinski definition) is 0. The van der Waals surface area contributed by atoms with Gasteiger partial charge in [-0.05, 0) is 44.4 Å². The van der Waals surface area contributed by atoms with Gasteiger partial charge in [0.05, 0.1) is 26.4 Å². The van der Waals surface area contributed by atoms with Crippen LogP contribution >= 0.6 is 0 Å². The summed E-state index contributed by atoms with van der Waals surface area (Å²) in [7, 11) is 1.66. The molecular formula is C25H33NO5. The van der Waals surface area contributed by atoms with Gasteiger partial charge in [-0.2, -0.15) is 0 Å². The van der Waals surface area contributed by atoms with Crippen molar-refractivity contribution in [2.75, 3.05) is 33.5 Å². The van der Waals surface area contributed by atoms with Crippen LogP contribution in [0.25, 0.3) is 0 Å². The third kappa shape index (κ3) is 6.89. The molecule has 31 heavy (non-hydrogen) atoms. The minimum Gasteiger partial charge on any atom is -0.496 e. The zero-order valence-corrected chi connectivity index (χ0v) is 18.5. The summed E-state index contributed by atoms with van der Waals surface area (Å²) >= 11 is 0. The molecule has 0 bridgehead atoms. The van der Waals surface area contributed by atoms with Crippen LogP contribution in [0.15, 0.2) is 48.5 Å². The van der Waals surface area contributed by atoms with Gasteiger partial charge in [0.25, 0.3) is 0 Å². The van der Waals surface area contributed by atoms with E-state index in [1.807, 2.05) is 60.4 Å². The molecule has 1 atom stereocenters. The second-order valence-electron chi connectivity index (χ2n) is 7.55. The summed E-state index contributed by atoms with van der Waals surface area (Å²) in [5, 5.41) is 0. The Hall–Kier alpha value is -2.73. The van der Waals surface area contributed by atoms with Gasteiger partial charge in [-0.3, -0.25) is 4.79 Å². The van der Waals surface area contributed by atoms with Crippen LogP contribution < -0.4 is 14.2 Å². The summed E-state index contributed by atoms with van der Waals surface area (Å²) in [6.45, 7) is 4.87. The first-order chi connectivity index (χ1) is 15.2. The molecule has 1 aliphatic heterocycles. The Bertz CT molecular complexity index is 819. The number of hydrogen-bond acceptors (Lipinski definition) is 5. The van der Waals surface area contributed by atoms with Crippen LogP contribution in [0.1, 0.15) is 38.2 Å². The zero-order chi connectivity index (χ0) is 21.9. The van der Waals surface area contributed by atoms with E-state index in [1.165, 1.54) is 0 Å². The fourth-order valence-corrected chi connectivity index (χ4v) is 3.74. The summed E-state index contributed by atoms with van der Waals surface area (Å²) in [5.41, 5.74) is 0.998.